The molecule has 0 radical (unpaired) electrons. The second-order valence-corrected chi connectivity index (χ2v) is 6.96. The zero-order valence-corrected chi connectivity index (χ0v) is 15.6. The topological polar surface area (TPSA) is 112 Å². The number of hydrogen-bond acceptors (Lipinski definition) is 7. The van der Waals surface area contributed by atoms with Crippen LogP contribution < -0.4 is 5.73 Å². The molecule has 0 saturated heterocycles. The summed E-state index contributed by atoms with van der Waals surface area (Å²) in [6.45, 7) is 0.498. The molecule has 2 aromatic rings. The van der Waals surface area contributed by atoms with E-state index in [4.69, 9.17) is 5.73 Å². The van der Waals surface area contributed by atoms with Crippen molar-refractivity contribution in [2.24, 2.45) is 16.6 Å². The Morgan fingerprint density at radius 2 is 2.00 bits per heavy atom. The monoisotopic (exact) mass is 373 g/mol. The number of carbonyl (C=O) groups is 1. The van der Waals surface area contributed by atoms with E-state index in [0.717, 1.165) is 16.7 Å². The summed E-state index contributed by atoms with van der Waals surface area (Å²) < 4.78 is 0. The molecule has 2 aliphatic heterocycles. The van der Waals surface area contributed by atoms with Crippen LogP contribution in [0.25, 0.3) is 11.1 Å². The van der Waals surface area contributed by atoms with E-state index in [2.05, 4.69) is 21.0 Å². The average molecular weight is 373 g/mol. The van der Waals surface area contributed by atoms with E-state index in [1.54, 1.807) is 19.4 Å². The molecule has 8 heteroatoms. The fourth-order valence-corrected chi connectivity index (χ4v) is 3.83. The van der Waals surface area contributed by atoms with Crippen LogP contribution in [0.3, 0.4) is 0 Å². The molecule has 28 heavy (non-hydrogen) atoms. The van der Waals surface area contributed by atoms with Gasteiger partial charge in [-0.15, -0.1) is 0 Å². The SMILES string of the molecule is CN1CC([C@]2(c3cccc(-c4cncnc4)c3)N=C(N)N(C)C2=O)C=C1C#N. The highest BCUT2D eigenvalue weighted by molar-refractivity contribution is 6.07. The molecule has 1 aromatic carbocycles. The molecule has 0 fully saturated rings. The fraction of sp³-hybridized carbons (Fsp3) is 0.250. The van der Waals surface area contributed by atoms with Crippen LogP contribution in [0.1, 0.15) is 5.56 Å². The van der Waals surface area contributed by atoms with Crippen molar-refractivity contribution in [1.82, 2.24) is 19.8 Å². The highest BCUT2D eigenvalue weighted by Crippen LogP contribution is 2.44. The molecule has 2 N–H and O–H groups in total. The van der Waals surface area contributed by atoms with Crippen LogP contribution in [0.4, 0.5) is 0 Å². The lowest BCUT2D eigenvalue weighted by Crippen LogP contribution is -2.45. The molecular weight excluding hydrogens is 354 g/mol. The van der Waals surface area contributed by atoms with Gasteiger partial charge in [-0.25, -0.2) is 15.0 Å². The molecule has 0 bridgehead atoms. The number of nitriles is 1. The van der Waals surface area contributed by atoms with E-state index in [1.165, 1.54) is 11.2 Å². The Kier molecular flexibility index (Phi) is 4.08. The van der Waals surface area contributed by atoms with Gasteiger partial charge >= 0.3 is 0 Å². The third-order valence-corrected chi connectivity index (χ3v) is 5.35. The number of likely N-dealkylation sites (N-methyl/N-ethyl adjacent to an activating group) is 1. The van der Waals surface area contributed by atoms with E-state index in [0.29, 0.717) is 12.2 Å². The number of amides is 1. The first-order valence-electron chi connectivity index (χ1n) is 8.80. The van der Waals surface area contributed by atoms with E-state index in [1.807, 2.05) is 42.3 Å². The number of benzene rings is 1. The minimum atomic E-state index is -1.21. The first-order chi connectivity index (χ1) is 13.5. The van der Waals surface area contributed by atoms with E-state index in [-0.39, 0.29) is 17.8 Å². The maximum Gasteiger partial charge on any atom is 0.262 e. The molecular formula is C20H19N7O. The first-order valence-corrected chi connectivity index (χ1v) is 8.80. The molecule has 1 aromatic heterocycles. The van der Waals surface area contributed by atoms with Crippen LogP contribution in [0.15, 0.2) is 59.8 Å². The number of rotatable bonds is 3. The van der Waals surface area contributed by atoms with Crippen LogP contribution in [-0.2, 0) is 10.3 Å². The number of carbonyl (C=O) groups excluding carboxylic acids is 1. The van der Waals surface area contributed by atoms with Crippen molar-refractivity contribution in [2.45, 2.75) is 5.54 Å². The van der Waals surface area contributed by atoms with Crippen molar-refractivity contribution in [3.05, 3.63) is 60.3 Å². The summed E-state index contributed by atoms with van der Waals surface area (Å²) in [5, 5.41) is 9.38. The van der Waals surface area contributed by atoms with E-state index >= 15 is 0 Å². The van der Waals surface area contributed by atoms with Gasteiger partial charge in [0.25, 0.3) is 5.91 Å². The fourth-order valence-electron chi connectivity index (χ4n) is 3.83. The second-order valence-electron chi connectivity index (χ2n) is 6.96. The summed E-state index contributed by atoms with van der Waals surface area (Å²) in [6, 6.07) is 9.79. The number of aliphatic imine (C=N–C) groups is 1. The number of hydrogen-bond donors (Lipinski definition) is 1. The summed E-state index contributed by atoms with van der Waals surface area (Å²) in [4.78, 5) is 29.3. The predicted molar refractivity (Wildman–Crippen MR) is 103 cm³/mol. The largest absolute Gasteiger partial charge is 0.369 e. The van der Waals surface area contributed by atoms with Crippen molar-refractivity contribution < 1.29 is 4.79 Å². The van der Waals surface area contributed by atoms with Crippen molar-refractivity contribution in [3.8, 4) is 17.2 Å². The van der Waals surface area contributed by atoms with E-state index < -0.39 is 5.54 Å². The van der Waals surface area contributed by atoms with Crippen molar-refractivity contribution in [2.75, 3.05) is 20.6 Å². The van der Waals surface area contributed by atoms with Crippen LogP contribution >= 0.6 is 0 Å². The van der Waals surface area contributed by atoms with Gasteiger partial charge in [0.05, 0.1) is 0 Å². The van der Waals surface area contributed by atoms with Gasteiger partial charge in [0.2, 0.25) is 0 Å². The molecule has 140 valence electrons. The maximum absolute atomic E-state index is 13.4. The highest BCUT2D eigenvalue weighted by Gasteiger charge is 2.54. The summed E-state index contributed by atoms with van der Waals surface area (Å²) >= 11 is 0. The molecule has 0 aliphatic carbocycles. The molecule has 1 unspecified atom stereocenters. The summed E-state index contributed by atoms with van der Waals surface area (Å²) in [7, 11) is 3.45. The lowest BCUT2D eigenvalue weighted by atomic mass is 9.77. The standard InChI is InChI=1S/C20H19N7O/c1-26-11-16(7-17(26)8-21)20(18(28)27(2)19(22)25-20)15-5-3-4-13(6-15)14-9-23-12-24-10-14/h3-7,9-10,12,16H,11H2,1-2H3,(H2,22,25)/t16?,20-/m0/s1. The minimum Gasteiger partial charge on any atom is -0.369 e. The minimum absolute atomic E-state index is 0.167. The molecule has 1 amide bonds. The zero-order chi connectivity index (χ0) is 19.9. The number of guanidine groups is 1. The Labute approximate surface area is 162 Å². The van der Waals surface area contributed by atoms with Crippen molar-refractivity contribution >= 4 is 11.9 Å². The summed E-state index contributed by atoms with van der Waals surface area (Å²) in [5.74, 6) is -0.356. The Balaban J connectivity index is 1.89. The third kappa shape index (κ3) is 2.52. The number of aromatic nitrogens is 2. The average Bonchev–Trinajstić information content (AvgIpc) is 3.22. The lowest BCUT2D eigenvalue weighted by Gasteiger charge is -2.31. The van der Waals surface area contributed by atoms with Crippen molar-refractivity contribution in [3.63, 3.8) is 0 Å². The van der Waals surface area contributed by atoms with Crippen LogP contribution in [0.5, 0.6) is 0 Å². The van der Waals surface area contributed by atoms with Crippen molar-refractivity contribution in [1.29, 1.82) is 5.26 Å². The number of nitrogens with two attached hydrogens (primary N) is 1. The van der Waals surface area contributed by atoms with Gasteiger partial charge in [-0.2, -0.15) is 5.26 Å². The van der Waals surface area contributed by atoms with Gasteiger partial charge in [0.1, 0.15) is 18.1 Å². The first kappa shape index (κ1) is 17.7. The third-order valence-electron chi connectivity index (χ3n) is 5.35. The Hall–Kier alpha value is -3.73. The number of nitrogens with zero attached hydrogens (tertiary/aromatic N) is 6. The smallest absolute Gasteiger partial charge is 0.262 e. The quantitative estimate of drug-likeness (QED) is 0.862. The molecule has 2 atom stereocenters. The molecule has 4 rings (SSSR count). The zero-order valence-electron chi connectivity index (χ0n) is 15.6. The number of allylic oxidation sites excluding steroid dienone is 1. The lowest BCUT2D eigenvalue weighted by molar-refractivity contribution is -0.132. The Morgan fingerprint density at radius 3 is 2.61 bits per heavy atom. The molecule has 0 spiro atoms. The van der Waals surface area contributed by atoms with Gasteiger partial charge in [0.15, 0.2) is 11.5 Å². The van der Waals surface area contributed by atoms with Crippen LogP contribution in [0.2, 0.25) is 0 Å². The van der Waals surface area contributed by atoms with Gasteiger partial charge in [-0.3, -0.25) is 9.69 Å². The summed E-state index contributed by atoms with van der Waals surface area (Å²) in [6.07, 6.45) is 6.72. The van der Waals surface area contributed by atoms with Crippen LogP contribution in [-0.4, -0.2) is 52.3 Å². The molecule has 8 nitrogen and oxygen atoms in total. The normalized spacial score (nSPS) is 24.2. The predicted octanol–water partition coefficient (Wildman–Crippen LogP) is 1.09. The summed E-state index contributed by atoms with van der Waals surface area (Å²) in [5.41, 5.74) is 7.79. The maximum atomic E-state index is 13.4. The molecule has 3 heterocycles. The van der Waals surface area contributed by atoms with Gasteiger partial charge in [-0.05, 0) is 23.3 Å². The van der Waals surface area contributed by atoms with E-state index in [9.17, 15) is 10.1 Å². The van der Waals surface area contributed by atoms with Gasteiger partial charge in [0, 0.05) is 44.5 Å². The van der Waals surface area contributed by atoms with Crippen LogP contribution in [0, 0.1) is 17.2 Å². The Morgan fingerprint density at radius 1 is 1.25 bits per heavy atom. The molecule has 2 aliphatic rings. The second kappa shape index (κ2) is 6.46. The Bertz CT molecular complexity index is 1040. The van der Waals surface area contributed by atoms with Gasteiger partial charge in [-0.1, -0.05) is 18.2 Å². The molecule has 0 saturated carbocycles. The van der Waals surface area contributed by atoms with Gasteiger partial charge < -0.3 is 10.6 Å². The highest BCUT2D eigenvalue weighted by atomic mass is 16.2.